The summed E-state index contributed by atoms with van der Waals surface area (Å²) in [5.74, 6) is -1.69. The van der Waals surface area contributed by atoms with Gasteiger partial charge >= 0.3 is 6.18 Å². The van der Waals surface area contributed by atoms with Crippen LogP contribution in [0.25, 0.3) is 0 Å². The highest BCUT2D eigenvalue weighted by molar-refractivity contribution is 6.31. The largest absolute Gasteiger partial charge is 0.432 e. The lowest BCUT2D eigenvalue weighted by atomic mass is 10.1. The molecular formula is C16H16ClF3N4O3. The van der Waals surface area contributed by atoms with Crippen LogP contribution < -0.4 is 10.6 Å². The summed E-state index contributed by atoms with van der Waals surface area (Å²) in [5.41, 5.74) is -2.88. The summed E-state index contributed by atoms with van der Waals surface area (Å²) in [6, 6.07) is 3.28. The van der Waals surface area contributed by atoms with Crippen molar-refractivity contribution in [2.24, 2.45) is 0 Å². The van der Waals surface area contributed by atoms with Crippen molar-refractivity contribution in [1.82, 2.24) is 15.5 Å². The molecule has 0 spiro atoms. The lowest BCUT2D eigenvalue weighted by molar-refractivity contribution is -0.141. The molecule has 1 heterocycles. The van der Waals surface area contributed by atoms with Crippen molar-refractivity contribution >= 4 is 29.1 Å². The first-order chi connectivity index (χ1) is 12.3. The van der Waals surface area contributed by atoms with Gasteiger partial charge in [-0.3, -0.25) is 14.7 Å². The molecule has 11 heteroatoms. The summed E-state index contributed by atoms with van der Waals surface area (Å²) in [6.07, 6.45) is -4.68. The number of aryl methyl sites for hydroxylation is 1. The second-order valence-corrected chi connectivity index (χ2v) is 6.71. The van der Waals surface area contributed by atoms with E-state index in [1.54, 1.807) is 12.0 Å². The number of anilines is 1. The quantitative estimate of drug-likeness (QED) is 0.587. The van der Waals surface area contributed by atoms with Crippen LogP contribution in [-0.2, 0) is 6.18 Å². The number of hydrogen-bond acceptors (Lipinski definition) is 4. The Morgan fingerprint density at radius 3 is 2.33 bits per heavy atom. The van der Waals surface area contributed by atoms with E-state index in [-0.39, 0.29) is 16.3 Å². The average molecular weight is 405 g/mol. The first-order valence-electron chi connectivity index (χ1n) is 7.57. The lowest BCUT2D eigenvalue weighted by Crippen LogP contribution is -2.43. The minimum absolute atomic E-state index is 0.0303. The summed E-state index contributed by atoms with van der Waals surface area (Å²) in [7, 11) is 0. The molecule has 0 radical (unpaired) electrons. The number of alkyl halides is 3. The van der Waals surface area contributed by atoms with Gasteiger partial charge in [-0.2, -0.15) is 18.3 Å². The molecule has 0 aliphatic carbocycles. The van der Waals surface area contributed by atoms with Gasteiger partial charge in [0.2, 0.25) is 0 Å². The van der Waals surface area contributed by atoms with E-state index in [4.69, 9.17) is 11.6 Å². The molecule has 0 aliphatic heterocycles. The second-order valence-electron chi connectivity index (χ2n) is 6.28. The number of amides is 2. The van der Waals surface area contributed by atoms with Crippen LogP contribution in [0.4, 0.5) is 18.9 Å². The smallest absolute Gasteiger partial charge is 0.372 e. The molecule has 7 nitrogen and oxygen atoms in total. The maximum Gasteiger partial charge on any atom is 0.432 e. The Hall–Kier alpha value is -2.59. The van der Waals surface area contributed by atoms with E-state index < -0.39 is 35.1 Å². The van der Waals surface area contributed by atoms with Gasteiger partial charge in [0.25, 0.3) is 11.8 Å². The van der Waals surface area contributed by atoms with E-state index in [1.165, 1.54) is 26.0 Å². The highest BCUT2D eigenvalue weighted by atomic mass is 35.5. The molecule has 1 aromatic carbocycles. The number of rotatable bonds is 4. The van der Waals surface area contributed by atoms with E-state index in [9.17, 15) is 27.9 Å². The number of aromatic amines is 1. The van der Waals surface area contributed by atoms with Crippen molar-refractivity contribution < 1.29 is 27.9 Å². The third kappa shape index (κ3) is 5.20. The van der Waals surface area contributed by atoms with Gasteiger partial charge < -0.3 is 15.7 Å². The van der Waals surface area contributed by atoms with E-state index >= 15 is 0 Å². The number of aromatic nitrogens is 2. The maximum atomic E-state index is 12.6. The van der Waals surface area contributed by atoms with Crippen molar-refractivity contribution in [2.45, 2.75) is 32.7 Å². The first kappa shape index (κ1) is 20.7. The molecule has 1 aromatic heterocycles. The first-order valence-corrected chi connectivity index (χ1v) is 7.95. The molecule has 2 aromatic rings. The fourth-order valence-corrected chi connectivity index (χ4v) is 2.47. The van der Waals surface area contributed by atoms with Crippen molar-refractivity contribution in [3.63, 3.8) is 0 Å². The molecule has 146 valence electrons. The van der Waals surface area contributed by atoms with Gasteiger partial charge in [0.15, 0.2) is 5.69 Å². The van der Waals surface area contributed by atoms with Crippen LogP contribution in [-0.4, -0.2) is 32.8 Å². The molecule has 0 aliphatic rings. The summed E-state index contributed by atoms with van der Waals surface area (Å²) < 4.78 is 37.9. The van der Waals surface area contributed by atoms with Crippen molar-refractivity contribution in [2.75, 3.05) is 5.32 Å². The topological polar surface area (TPSA) is 107 Å². The van der Waals surface area contributed by atoms with Crippen LogP contribution >= 0.6 is 11.6 Å². The molecule has 0 fully saturated rings. The van der Waals surface area contributed by atoms with Gasteiger partial charge in [0.05, 0.1) is 11.3 Å². The number of H-pyrrole nitrogens is 1. The zero-order chi connectivity index (χ0) is 20.6. The molecule has 0 bridgehead atoms. The minimum atomic E-state index is -4.68. The average Bonchev–Trinajstić information content (AvgIpc) is 2.97. The van der Waals surface area contributed by atoms with Crippen LogP contribution in [0.15, 0.2) is 18.2 Å². The number of nitrogens with one attached hydrogen (secondary N) is 3. The standard InChI is InChI=1S/C16H16ClF3N4O3/c1-7-4-8(17)5-9(13(25)22-15(2,3)27)12(7)21-14(26)10-6-11(24-23-10)16(18,19)20/h4-6,27H,1-3H3,(H,21,26)(H,22,25)(H,23,24). The highest BCUT2D eigenvalue weighted by Crippen LogP contribution is 2.29. The predicted octanol–water partition coefficient (Wildman–Crippen LogP) is 3.10. The summed E-state index contributed by atoms with van der Waals surface area (Å²) in [6.45, 7) is 4.22. The summed E-state index contributed by atoms with van der Waals surface area (Å²) in [4.78, 5) is 24.7. The SMILES string of the molecule is Cc1cc(Cl)cc(C(=O)NC(C)(C)O)c1NC(=O)c1cc(C(F)(F)F)[nH]n1. The highest BCUT2D eigenvalue weighted by Gasteiger charge is 2.34. The van der Waals surface area contributed by atoms with Crippen LogP contribution in [0, 0.1) is 6.92 Å². The van der Waals surface area contributed by atoms with Gasteiger partial charge in [-0.25, -0.2) is 0 Å². The number of nitrogens with zero attached hydrogens (tertiary/aromatic N) is 1. The number of hydrogen-bond donors (Lipinski definition) is 4. The fourth-order valence-electron chi connectivity index (χ4n) is 2.19. The minimum Gasteiger partial charge on any atom is -0.372 e. The fraction of sp³-hybridized carbons (Fsp3) is 0.312. The van der Waals surface area contributed by atoms with Gasteiger partial charge in [-0.1, -0.05) is 11.6 Å². The van der Waals surface area contributed by atoms with Crippen molar-refractivity contribution in [3.8, 4) is 0 Å². The Morgan fingerprint density at radius 1 is 1.19 bits per heavy atom. The molecule has 0 unspecified atom stereocenters. The van der Waals surface area contributed by atoms with Gasteiger partial charge in [0, 0.05) is 11.1 Å². The summed E-state index contributed by atoms with van der Waals surface area (Å²) in [5, 5.41) is 19.7. The van der Waals surface area contributed by atoms with Gasteiger partial charge in [0.1, 0.15) is 11.4 Å². The Bertz CT molecular complexity index is 888. The van der Waals surface area contributed by atoms with E-state index in [0.717, 1.165) is 0 Å². The molecule has 27 heavy (non-hydrogen) atoms. The van der Waals surface area contributed by atoms with E-state index in [1.807, 2.05) is 0 Å². The van der Waals surface area contributed by atoms with Crippen LogP contribution in [0.2, 0.25) is 5.02 Å². The molecule has 0 atom stereocenters. The number of carbonyl (C=O) groups is 2. The van der Waals surface area contributed by atoms with Gasteiger partial charge in [-0.05, 0) is 38.5 Å². The van der Waals surface area contributed by atoms with E-state index in [2.05, 4.69) is 15.7 Å². The van der Waals surface area contributed by atoms with Crippen LogP contribution in [0.3, 0.4) is 0 Å². The Kier molecular flexibility index (Phi) is 5.52. The second kappa shape index (κ2) is 7.20. The van der Waals surface area contributed by atoms with Crippen LogP contribution in [0.5, 0.6) is 0 Å². The predicted molar refractivity (Wildman–Crippen MR) is 91.5 cm³/mol. The third-order valence-corrected chi connectivity index (χ3v) is 3.54. The van der Waals surface area contributed by atoms with Crippen molar-refractivity contribution in [3.05, 3.63) is 45.7 Å². The van der Waals surface area contributed by atoms with Crippen LogP contribution in [0.1, 0.15) is 46.0 Å². The molecule has 0 saturated heterocycles. The summed E-state index contributed by atoms with van der Waals surface area (Å²) >= 11 is 5.95. The number of benzene rings is 1. The Morgan fingerprint density at radius 2 is 1.81 bits per heavy atom. The Labute approximate surface area is 156 Å². The normalized spacial score (nSPS) is 12.0. The Balaban J connectivity index is 2.36. The molecular weight excluding hydrogens is 389 g/mol. The number of aliphatic hydroxyl groups is 1. The zero-order valence-corrected chi connectivity index (χ0v) is 15.2. The monoisotopic (exact) mass is 404 g/mol. The molecule has 4 N–H and O–H groups in total. The van der Waals surface area contributed by atoms with Gasteiger partial charge in [-0.15, -0.1) is 0 Å². The van der Waals surface area contributed by atoms with E-state index in [0.29, 0.717) is 11.6 Å². The number of carbonyl (C=O) groups excluding carboxylic acids is 2. The molecule has 2 amide bonds. The lowest BCUT2D eigenvalue weighted by Gasteiger charge is -2.21. The van der Waals surface area contributed by atoms with Crippen molar-refractivity contribution in [1.29, 1.82) is 0 Å². The maximum absolute atomic E-state index is 12.6. The molecule has 2 rings (SSSR count). The third-order valence-electron chi connectivity index (χ3n) is 3.32. The molecule has 0 saturated carbocycles. The zero-order valence-electron chi connectivity index (χ0n) is 14.5. The number of halogens is 4.